The lowest BCUT2D eigenvalue weighted by atomic mass is 10.1. The largest absolute Gasteiger partial charge is 0.493 e. The van der Waals surface area contributed by atoms with Crippen molar-refractivity contribution in [2.24, 2.45) is 4.99 Å². The van der Waals surface area contributed by atoms with Crippen LogP contribution in [0, 0.1) is 20.2 Å². The van der Waals surface area contributed by atoms with Crippen LogP contribution in [0.2, 0.25) is 5.02 Å². The molecule has 0 radical (unpaired) electrons. The highest BCUT2D eigenvalue weighted by molar-refractivity contribution is 9.10. The minimum absolute atomic E-state index is 0.0354. The number of aliphatic imine (C=N–C) groups is 1. The fourth-order valence-corrected chi connectivity index (χ4v) is 4.12. The van der Waals surface area contributed by atoms with Crippen LogP contribution >= 0.6 is 27.5 Å². The molecule has 188 valence electrons. The summed E-state index contributed by atoms with van der Waals surface area (Å²) in [6, 6.07) is 13.3. The monoisotopic (exact) mass is 587 g/mol. The van der Waals surface area contributed by atoms with Crippen LogP contribution in [0.5, 0.6) is 11.5 Å². The van der Waals surface area contributed by atoms with Crippen LogP contribution in [0.4, 0.5) is 11.4 Å². The third kappa shape index (κ3) is 5.76. The first-order valence-corrected chi connectivity index (χ1v) is 11.5. The van der Waals surface area contributed by atoms with Crippen molar-refractivity contribution in [1.82, 2.24) is 0 Å². The summed E-state index contributed by atoms with van der Waals surface area (Å²) >= 11 is 9.26. The lowest BCUT2D eigenvalue weighted by molar-refractivity contribution is -0.385. The van der Waals surface area contributed by atoms with E-state index in [9.17, 15) is 25.0 Å². The number of esters is 1. The predicted molar refractivity (Wildman–Crippen MR) is 137 cm³/mol. The minimum atomic E-state index is -0.742. The number of nitro groups is 2. The number of hydrogen-bond acceptors (Lipinski definition) is 9. The fourth-order valence-electron chi connectivity index (χ4n) is 3.35. The van der Waals surface area contributed by atoms with Crippen LogP contribution in [0.1, 0.15) is 16.7 Å². The Morgan fingerprint density at radius 1 is 1.11 bits per heavy atom. The second-order valence-electron chi connectivity index (χ2n) is 7.51. The van der Waals surface area contributed by atoms with Gasteiger partial charge in [-0.05, 0) is 57.4 Å². The van der Waals surface area contributed by atoms with Gasteiger partial charge in [-0.1, -0.05) is 23.7 Å². The van der Waals surface area contributed by atoms with Crippen LogP contribution in [0.3, 0.4) is 0 Å². The Morgan fingerprint density at radius 3 is 2.59 bits per heavy atom. The molecule has 1 aliphatic heterocycles. The van der Waals surface area contributed by atoms with Crippen molar-refractivity contribution >= 4 is 56.8 Å². The van der Waals surface area contributed by atoms with Gasteiger partial charge in [0, 0.05) is 23.8 Å². The molecule has 1 heterocycles. The summed E-state index contributed by atoms with van der Waals surface area (Å²) in [6.07, 6.45) is 1.46. The zero-order valence-electron chi connectivity index (χ0n) is 18.8. The number of halogens is 2. The number of non-ortho nitro benzene ring substituents is 1. The van der Waals surface area contributed by atoms with Crippen molar-refractivity contribution in [3.05, 3.63) is 107 Å². The average molecular weight is 589 g/mol. The van der Waals surface area contributed by atoms with E-state index in [2.05, 4.69) is 20.9 Å². The maximum absolute atomic E-state index is 12.4. The molecular formula is C24H15BrClN3O8. The zero-order valence-corrected chi connectivity index (χ0v) is 21.2. The molecule has 0 N–H and O–H groups in total. The smallest absolute Gasteiger partial charge is 0.363 e. The highest BCUT2D eigenvalue weighted by Gasteiger charge is 2.26. The number of hydrogen-bond donors (Lipinski definition) is 0. The first-order valence-electron chi connectivity index (χ1n) is 10.4. The van der Waals surface area contributed by atoms with Crippen LogP contribution in [-0.2, 0) is 16.1 Å². The molecule has 3 aromatic carbocycles. The number of nitrogens with zero attached hydrogens (tertiary/aromatic N) is 3. The molecule has 0 bridgehead atoms. The molecule has 11 nitrogen and oxygen atoms in total. The molecule has 0 saturated carbocycles. The quantitative estimate of drug-likeness (QED) is 0.138. The van der Waals surface area contributed by atoms with E-state index in [0.29, 0.717) is 27.1 Å². The molecule has 37 heavy (non-hydrogen) atoms. The van der Waals surface area contributed by atoms with Gasteiger partial charge in [-0.2, -0.15) is 0 Å². The predicted octanol–water partition coefficient (Wildman–Crippen LogP) is 5.85. The Bertz CT molecular complexity index is 1510. The molecule has 0 amide bonds. The summed E-state index contributed by atoms with van der Waals surface area (Å²) in [5.74, 6) is -0.161. The van der Waals surface area contributed by atoms with Gasteiger partial charge in [0.2, 0.25) is 5.90 Å². The maximum atomic E-state index is 12.4. The second kappa shape index (κ2) is 10.8. The van der Waals surface area contributed by atoms with Gasteiger partial charge >= 0.3 is 5.97 Å². The average Bonchev–Trinajstić information content (AvgIpc) is 3.23. The molecule has 0 unspecified atom stereocenters. The lowest BCUT2D eigenvalue weighted by Gasteiger charge is -2.13. The van der Waals surface area contributed by atoms with E-state index >= 15 is 0 Å². The number of benzene rings is 3. The Balaban J connectivity index is 1.59. The lowest BCUT2D eigenvalue weighted by Crippen LogP contribution is -2.06. The Labute approximate surface area is 222 Å². The van der Waals surface area contributed by atoms with E-state index < -0.39 is 15.8 Å². The molecule has 0 spiro atoms. The van der Waals surface area contributed by atoms with Crippen molar-refractivity contribution in [3.63, 3.8) is 0 Å². The number of nitro benzene ring substituents is 2. The SMILES string of the molecule is COc1cc(/C=C2\N=C(c3ccc(Cl)c([N+](=O)[O-])c3)OC2=O)cc(Br)c1OCc1cccc([N+](=O)[O-])c1. The topological polar surface area (TPSA) is 143 Å². The molecule has 0 aromatic heterocycles. The standard InChI is InChI=1S/C24H15BrClN3O8/c1-35-21-10-14(8-17(25)22(21)36-12-13-3-2-4-16(7-13)28(31)32)9-19-24(30)37-23(27-19)15-5-6-18(26)20(11-15)29(33)34/h2-11H,12H2,1H3/b19-9-. The second-order valence-corrected chi connectivity index (χ2v) is 8.77. The van der Waals surface area contributed by atoms with Crippen LogP contribution in [-0.4, -0.2) is 28.8 Å². The number of methoxy groups -OCH3 is 1. The van der Waals surface area contributed by atoms with Gasteiger partial charge in [-0.15, -0.1) is 0 Å². The van der Waals surface area contributed by atoms with Gasteiger partial charge in [-0.3, -0.25) is 20.2 Å². The number of carbonyl (C=O) groups is 1. The fraction of sp³-hybridized carbons (Fsp3) is 0.0833. The Kier molecular flexibility index (Phi) is 7.50. The van der Waals surface area contributed by atoms with Crippen molar-refractivity contribution in [2.75, 3.05) is 7.11 Å². The highest BCUT2D eigenvalue weighted by Crippen LogP contribution is 2.38. The molecule has 0 saturated heterocycles. The third-order valence-corrected chi connectivity index (χ3v) is 5.98. The summed E-state index contributed by atoms with van der Waals surface area (Å²) in [7, 11) is 1.44. The van der Waals surface area contributed by atoms with E-state index in [1.54, 1.807) is 24.3 Å². The summed E-state index contributed by atoms with van der Waals surface area (Å²) in [4.78, 5) is 37.6. The number of rotatable bonds is 8. The van der Waals surface area contributed by atoms with Gasteiger partial charge in [0.1, 0.15) is 11.6 Å². The molecule has 3 aromatic rings. The first kappa shape index (κ1) is 25.8. The van der Waals surface area contributed by atoms with E-state index in [-0.39, 0.29) is 40.2 Å². The van der Waals surface area contributed by atoms with Gasteiger partial charge in [0.05, 0.1) is 21.4 Å². The van der Waals surface area contributed by atoms with E-state index in [4.69, 9.17) is 25.8 Å². The van der Waals surface area contributed by atoms with Gasteiger partial charge in [0.15, 0.2) is 17.2 Å². The molecule has 4 rings (SSSR count). The number of cyclic esters (lactones) is 1. The van der Waals surface area contributed by atoms with Gasteiger partial charge in [-0.25, -0.2) is 9.79 Å². The molecule has 0 fully saturated rings. The van der Waals surface area contributed by atoms with Crippen LogP contribution < -0.4 is 9.47 Å². The molecule has 13 heteroatoms. The highest BCUT2D eigenvalue weighted by atomic mass is 79.9. The van der Waals surface area contributed by atoms with Crippen molar-refractivity contribution in [1.29, 1.82) is 0 Å². The molecule has 1 aliphatic rings. The Hall–Kier alpha value is -4.29. The third-order valence-electron chi connectivity index (χ3n) is 5.07. The summed E-state index contributed by atoms with van der Waals surface area (Å²) in [5.41, 5.74) is 0.900. The molecule has 0 atom stereocenters. The number of carbonyl (C=O) groups excluding carboxylic acids is 1. The van der Waals surface area contributed by atoms with Crippen molar-refractivity contribution < 1.29 is 28.9 Å². The Morgan fingerprint density at radius 2 is 1.89 bits per heavy atom. The molecular weight excluding hydrogens is 574 g/mol. The maximum Gasteiger partial charge on any atom is 0.363 e. The van der Waals surface area contributed by atoms with E-state index in [0.717, 1.165) is 0 Å². The summed E-state index contributed by atoms with van der Waals surface area (Å²) < 4.78 is 17.0. The minimum Gasteiger partial charge on any atom is -0.493 e. The van der Waals surface area contributed by atoms with E-state index in [1.165, 1.54) is 43.5 Å². The van der Waals surface area contributed by atoms with Gasteiger partial charge < -0.3 is 14.2 Å². The summed E-state index contributed by atoms with van der Waals surface area (Å²) in [5, 5.41) is 22.1. The van der Waals surface area contributed by atoms with E-state index in [1.807, 2.05) is 0 Å². The van der Waals surface area contributed by atoms with Crippen LogP contribution in [0.15, 0.2) is 69.8 Å². The zero-order chi connectivity index (χ0) is 26.7. The van der Waals surface area contributed by atoms with Crippen molar-refractivity contribution in [3.8, 4) is 11.5 Å². The van der Waals surface area contributed by atoms with Crippen molar-refractivity contribution in [2.45, 2.75) is 6.61 Å². The summed E-state index contributed by atoms with van der Waals surface area (Å²) in [6.45, 7) is 0.0459. The van der Waals surface area contributed by atoms with Gasteiger partial charge in [0.25, 0.3) is 11.4 Å². The first-order chi connectivity index (χ1) is 17.7. The number of ether oxygens (including phenoxy) is 3. The normalized spacial score (nSPS) is 13.8. The van der Waals surface area contributed by atoms with Crippen LogP contribution in [0.25, 0.3) is 6.08 Å². The molecule has 0 aliphatic carbocycles.